The van der Waals surface area contributed by atoms with E-state index < -0.39 is 0 Å². The summed E-state index contributed by atoms with van der Waals surface area (Å²) in [6.45, 7) is 8.62. The van der Waals surface area contributed by atoms with Crippen LogP contribution in [-0.4, -0.2) is 16.5 Å². The first kappa shape index (κ1) is 13.2. The Morgan fingerprint density at radius 1 is 1.29 bits per heavy atom. The summed E-state index contributed by atoms with van der Waals surface area (Å²) >= 11 is 4.16. The molecule has 0 atom stereocenters. The van der Waals surface area contributed by atoms with E-state index in [4.69, 9.17) is 0 Å². The van der Waals surface area contributed by atoms with Crippen molar-refractivity contribution < 1.29 is 0 Å². The van der Waals surface area contributed by atoms with Crippen LogP contribution >= 0.6 is 34.4 Å². The minimum Gasteiger partial charge on any atom is -0.335 e. The molecule has 17 heavy (non-hydrogen) atoms. The van der Waals surface area contributed by atoms with Crippen LogP contribution in [0.2, 0.25) is 0 Å². The van der Waals surface area contributed by atoms with Crippen molar-refractivity contribution in [2.24, 2.45) is 4.99 Å². The van der Waals surface area contributed by atoms with Crippen molar-refractivity contribution >= 4 is 45.2 Å². The van der Waals surface area contributed by atoms with Gasteiger partial charge in [-0.15, -0.1) is 0 Å². The summed E-state index contributed by atoms with van der Waals surface area (Å²) < 4.78 is 1.28. The SMILES string of the molecule is Cc1cc(I)cc(C)c1NC1=NC(C)(C)CS1. The fourth-order valence-electron chi connectivity index (χ4n) is 1.86. The van der Waals surface area contributed by atoms with Gasteiger partial charge in [0.05, 0.1) is 5.54 Å². The summed E-state index contributed by atoms with van der Waals surface area (Å²) in [7, 11) is 0. The van der Waals surface area contributed by atoms with Crippen LogP contribution in [0, 0.1) is 17.4 Å². The molecule has 2 nitrogen and oxygen atoms in total. The van der Waals surface area contributed by atoms with Crippen LogP contribution in [0.3, 0.4) is 0 Å². The van der Waals surface area contributed by atoms with Gasteiger partial charge in [0, 0.05) is 15.0 Å². The number of hydrogen-bond donors (Lipinski definition) is 1. The number of anilines is 1. The standard InChI is InChI=1S/C13H17IN2S/c1-8-5-10(14)6-9(2)11(8)15-12-16-13(3,4)7-17-12/h5-6H,7H2,1-4H3,(H,15,16). The molecule has 1 heterocycles. The maximum Gasteiger partial charge on any atom is 0.161 e. The van der Waals surface area contributed by atoms with E-state index in [0.29, 0.717) is 0 Å². The number of amidine groups is 1. The number of aryl methyl sites for hydroxylation is 2. The Labute approximate surface area is 121 Å². The third-order valence-corrected chi connectivity index (χ3v) is 4.64. The van der Waals surface area contributed by atoms with Crippen molar-refractivity contribution in [3.8, 4) is 0 Å². The minimum atomic E-state index is 0.0675. The van der Waals surface area contributed by atoms with Crippen molar-refractivity contribution in [1.82, 2.24) is 0 Å². The van der Waals surface area contributed by atoms with E-state index in [-0.39, 0.29) is 5.54 Å². The Hall–Kier alpha value is -0.230. The van der Waals surface area contributed by atoms with E-state index in [2.05, 4.69) is 72.7 Å². The van der Waals surface area contributed by atoms with Crippen molar-refractivity contribution in [2.45, 2.75) is 33.2 Å². The number of aliphatic imine (C=N–C) groups is 1. The molecular weight excluding hydrogens is 343 g/mol. The Kier molecular flexibility index (Phi) is 3.73. The largest absolute Gasteiger partial charge is 0.335 e. The Morgan fingerprint density at radius 2 is 1.88 bits per heavy atom. The molecule has 1 N–H and O–H groups in total. The van der Waals surface area contributed by atoms with Gasteiger partial charge in [0.25, 0.3) is 0 Å². The fraction of sp³-hybridized carbons (Fsp3) is 0.462. The summed E-state index contributed by atoms with van der Waals surface area (Å²) in [4.78, 5) is 4.69. The lowest BCUT2D eigenvalue weighted by atomic mass is 10.1. The van der Waals surface area contributed by atoms with Gasteiger partial charge in [-0.05, 0) is 73.5 Å². The summed E-state index contributed by atoms with van der Waals surface area (Å²) in [6, 6.07) is 4.39. The number of thioether (sulfide) groups is 1. The van der Waals surface area contributed by atoms with Crippen LogP contribution < -0.4 is 5.32 Å². The molecule has 1 aromatic carbocycles. The first-order valence-electron chi connectivity index (χ1n) is 5.64. The fourth-order valence-corrected chi connectivity index (χ4v) is 3.84. The summed E-state index contributed by atoms with van der Waals surface area (Å²) in [5, 5.41) is 4.51. The van der Waals surface area contributed by atoms with E-state index in [9.17, 15) is 0 Å². The second kappa shape index (κ2) is 4.80. The highest BCUT2D eigenvalue weighted by molar-refractivity contribution is 14.1. The molecule has 1 aliphatic heterocycles. The zero-order valence-electron chi connectivity index (χ0n) is 10.6. The molecule has 0 saturated heterocycles. The van der Waals surface area contributed by atoms with Gasteiger partial charge in [-0.25, -0.2) is 0 Å². The first-order chi connectivity index (χ1) is 7.87. The molecule has 0 aromatic heterocycles. The molecule has 0 spiro atoms. The van der Waals surface area contributed by atoms with Gasteiger partial charge < -0.3 is 5.32 Å². The summed E-state index contributed by atoms with van der Waals surface area (Å²) in [6.07, 6.45) is 0. The topological polar surface area (TPSA) is 24.4 Å². The number of rotatable bonds is 1. The third kappa shape index (κ3) is 3.16. The molecule has 0 aliphatic carbocycles. The second-order valence-corrected chi connectivity index (χ2v) is 7.27. The maximum absolute atomic E-state index is 4.69. The Bertz CT molecular complexity index is 457. The number of halogens is 1. The lowest BCUT2D eigenvalue weighted by Crippen LogP contribution is -2.15. The lowest BCUT2D eigenvalue weighted by Gasteiger charge is -2.13. The van der Waals surface area contributed by atoms with Gasteiger partial charge in [-0.1, -0.05) is 11.8 Å². The van der Waals surface area contributed by atoms with Crippen LogP contribution in [-0.2, 0) is 0 Å². The molecule has 0 saturated carbocycles. The second-order valence-electron chi connectivity index (χ2n) is 5.06. The van der Waals surface area contributed by atoms with Crippen molar-refractivity contribution in [3.63, 3.8) is 0 Å². The van der Waals surface area contributed by atoms with Crippen LogP contribution in [0.4, 0.5) is 5.69 Å². The van der Waals surface area contributed by atoms with Gasteiger partial charge in [0.1, 0.15) is 0 Å². The summed E-state index contributed by atoms with van der Waals surface area (Å²) in [5.74, 6) is 1.05. The molecule has 0 bridgehead atoms. The van der Waals surface area contributed by atoms with E-state index in [1.54, 1.807) is 11.8 Å². The number of nitrogens with one attached hydrogen (secondary N) is 1. The average Bonchev–Trinajstić information content (AvgIpc) is 2.52. The molecule has 0 amide bonds. The van der Waals surface area contributed by atoms with E-state index >= 15 is 0 Å². The highest BCUT2D eigenvalue weighted by Crippen LogP contribution is 2.30. The normalized spacial score (nSPS) is 18.1. The van der Waals surface area contributed by atoms with Crippen LogP contribution in [0.15, 0.2) is 17.1 Å². The monoisotopic (exact) mass is 360 g/mol. The molecule has 92 valence electrons. The lowest BCUT2D eigenvalue weighted by molar-refractivity contribution is 0.605. The minimum absolute atomic E-state index is 0.0675. The van der Waals surface area contributed by atoms with E-state index in [1.807, 2.05) is 0 Å². The Morgan fingerprint density at radius 3 is 2.35 bits per heavy atom. The van der Waals surface area contributed by atoms with E-state index in [0.717, 1.165) is 10.9 Å². The predicted molar refractivity (Wildman–Crippen MR) is 86.2 cm³/mol. The van der Waals surface area contributed by atoms with Gasteiger partial charge in [-0.3, -0.25) is 4.99 Å². The van der Waals surface area contributed by atoms with E-state index in [1.165, 1.54) is 20.4 Å². The van der Waals surface area contributed by atoms with Gasteiger partial charge >= 0.3 is 0 Å². The van der Waals surface area contributed by atoms with Crippen LogP contribution in [0.1, 0.15) is 25.0 Å². The molecular formula is C13H17IN2S. The molecule has 1 aliphatic rings. The highest BCUT2D eigenvalue weighted by atomic mass is 127. The maximum atomic E-state index is 4.69. The van der Waals surface area contributed by atoms with Crippen molar-refractivity contribution in [1.29, 1.82) is 0 Å². The molecule has 1 aromatic rings. The number of nitrogens with zero attached hydrogens (tertiary/aromatic N) is 1. The molecule has 0 fully saturated rings. The molecule has 2 rings (SSSR count). The molecule has 0 unspecified atom stereocenters. The zero-order chi connectivity index (χ0) is 12.6. The van der Waals surface area contributed by atoms with Crippen LogP contribution in [0.25, 0.3) is 0 Å². The van der Waals surface area contributed by atoms with Crippen LogP contribution in [0.5, 0.6) is 0 Å². The molecule has 0 radical (unpaired) electrons. The number of benzene rings is 1. The summed E-state index contributed by atoms with van der Waals surface area (Å²) in [5.41, 5.74) is 3.83. The quantitative estimate of drug-likeness (QED) is 0.759. The van der Waals surface area contributed by atoms with Gasteiger partial charge in [0.2, 0.25) is 0 Å². The Balaban J connectivity index is 2.26. The highest BCUT2D eigenvalue weighted by Gasteiger charge is 2.25. The van der Waals surface area contributed by atoms with Gasteiger partial charge in [0.15, 0.2) is 5.17 Å². The molecule has 4 heteroatoms. The van der Waals surface area contributed by atoms with Gasteiger partial charge in [-0.2, -0.15) is 0 Å². The third-order valence-electron chi connectivity index (χ3n) is 2.70. The zero-order valence-corrected chi connectivity index (χ0v) is 13.6. The predicted octanol–water partition coefficient (Wildman–Crippen LogP) is 4.20. The smallest absolute Gasteiger partial charge is 0.161 e. The first-order valence-corrected chi connectivity index (χ1v) is 7.70. The van der Waals surface area contributed by atoms with Crippen molar-refractivity contribution in [3.05, 3.63) is 26.8 Å². The van der Waals surface area contributed by atoms with Crippen molar-refractivity contribution in [2.75, 3.05) is 11.1 Å². The average molecular weight is 360 g/mol. The number of hydrogen-bond acceptors (Lipinski definition) is 3.